The summed E-state index contributed by atoms with van der Waals surface area (Å²) in [6.07, 6.45) is 2.97. The van der Waals surface area contributed by atoms with Crippen molar-refractivity contribution in [2.75, 3.05) is 52.5 Å². The summed E-state index contributed by atoms with van der Waals surface area (Å²) in [5.74, 6) is -1.19. The molecule has 0 aliphatic carbocycles. The maximum atomic E-state index is 12.5. The van der Waals surface area contributed by atoms with Crippen LogP contribution in [0.1, 0.15) is 17.0 Å². The van der Waals surface area contributed by atoms with Gasteiger partial charge in [0.15, 0.2) is 5.82 Å². The van der Waals surface area contributed by atoms with E-state index >= 15 is 0 Å². The normalized spacial score (nSPS) is 12.6. The molecule has 0 amide bonds. The van der Waals surface area contributed by atoms with Gasteiger partial charge in [-0.05, 0) is 35.4 Å². The molecule has 58 heavy (non-hydrogen) atoms. The number of aliphatic imine (C=N–C) groups is 1. The van der Waals surface area contributed by atoms with E-state index in [-0.39, 0.29) is 70.6 Å². The molecule has 0 aliphatic rings. The fraction of sp³-hybridized carbons (Fsp3) is 0.250. The first-order valence-electron chi connectivity index (χ1n) is 15.8. The van der Waals surface area contributed by atoms with E-state index < -0.39 is 50.2 Å². The molecule has 4 rings (SSSR count). The maximum Gasteiger partial charge on any atom is 0.295 e. The molecule has 0 aliphatic heterocycles. The monoisotopic (exact) mass is 891 g/mol. The van der Waals surface area contributed by atoms with Gasteiger partial charge in [0.05, 0.1) is 36.3 Å². The lowest BCUT2D eigenvalue weighted by molar-refractivity contribution is -0.432. The lowest BCUT2D eigenvalue weighted by Gasteiger charge is -2.12. The number of aliphatic hydroxyl groups excluding tert-OH is 3. The highest BCUT2D eigenvalue weighted by Gasteiger charge is 2.17. The third-order valence-electron chi connectivity index (χ3n) is 6.64. The molecule has 26 nitrogen and oxygen atoms in total. The molecule has 2 aromatic heterocycles. The van der Waals surface area contributed by atoms with Gasteiger partial charge in [0.25, 0.3) is 26.2 Å². The zero-order valence-electron chi connectivity index (χ0n) is 29.2. The van der Waals surface area contributed by atoms with Gasteiger partial charge in [-0.15, -0.1) is 8.67 Å². The van der Waals surface area contributed by atoms with Crippen LogP contribution in [0.25, 0.3) is 12.2 Å². The first-order valence-corrected chi connectivity index (χ1v) is 20.5. The van der Waals surface area contributed by atoms with Crippen LogP contribution >= 0.6 is 24.1 Å². The molecule has 0 saturated heterocycles. The zero-order chi connectivity index (χ0) is 42.1. The molecule has 314 valence electrons. The lowest BCUT2D eigenvalue weighted by Crippen LogP contribution is -2.24. The molecule has 0 bridgehead atoms. The van der Waals surface area contributed by atoms with Crippen molar-refractivity contribution in [1.82, 2.24) is 29.9 Å². The molecule has 0 saturated carbocycles. The number of hydrogen-bond acceptors (Lipinski definition) is 26. The summed E-state index contributed by atoms with van der Waals surface area (Å²) >= 11 is 1.24. The Labute approximate surface area is 336 Å². The van der Waals surface area contributed by atoms with Crippen LogP contribution in [0.5, 0.6) is 0 Å². The van der Waals surface area contributed by atoms with Crippen LogP contribution in [0.3, 0.4) is 0 Å². The summed E-state index contributed by atoms with van der Waals surface area (Å²) in [6, 6.07) is 8.48. The van der Waals surface area contributed by atoms with E-state index in [9.17, 15) is 31.6 Å². The second-order valence-corrected chi connectivity index (χ2v) is 15.2. The van der Waals surface area contributed by atoms with Crippen molar-refractivity contribution in [2.24, 2.45) is 4.99 Å². The van der Waals surface area contributed by atoms with Crippen molar-refractivity contribution >= 4 is 104 Å². The topological polar surface area (TPSA) is 385 Å². The first-order chi connectivity index (χ1) is 27.7. The SMILES string of the molecule is O=S(=O)(O)CCNc1nc(CO)nc(Nc2ccc(C=Cc3ccc(Nc4nc(/N=C\CSOOO)nc(NCC(O)CO)n4)cc3S(=O)(=O)O)c(SOOO)c2)n1. The molecule has 1 atom stereocenters. The van der Waals surface area contributed by atoms with Gasteiger partial charge in [-0.1, -0.05) is 34.4 Å². The van der Waals surface area contributed by atoms with Gasteiger partial charge in [-0.3, -0.25) is 9.11 Å². The van der Waals surface area contributed by atoms with Crippen molar-refractivity contribution in [3.05, 3.63) is 53.3 Å². The van der Waals surface area contributed by atoms with Crippen LogP contribution in [0.4, 0.5) is 41.1 Å². The second-order valence-electron chi connectivity index (χ2n) is 10.8. The number of hydrogen-bond donors (Lipinski definition) is 11. The molecule has 0 spiro atoms. The van der Waals surface area contributed by atoms with E-state index in [0.717, 1.165) is 6.07 Å². The third-order valence-corrected chi connectivity index (χ3v) is 9.37. The van der Waals surface area contributed by atoms with Crippen LogP contribution in [0.15, 0.2) is 51.2 Å². The van der Waals surface area contributed by atoms with Crippen LogP contribution < -0.4 is 21.3 Å². The number of aliphatic hydroxyl groups is 3. The Hall–Kier alpha value is -4.77. The number of nitrogens with one attached hydrogen (secondary N) is 4. The third kappa shape index (κ3) is 15.5. The van der Waals surface area contributed by atoms with E-state index in [1.165, 1.54) is 36.6 Å². The summed E-state index contributed by atoms with van der Waals surface area (Å²) < 4.78 is 75.2. The minimum atomic E-state index is -4.85. The molecular weight excluding hydrogens is 859 g/mol. The van der Waals surface area contributed by atoms with Crippen LogP contribution in [-0.4, -0.2) is 125 Å². The standard InChI is InChI=1S/C28H33N11O15S4/c40-14-20(42)13-31-26-36-25(29-7-9-55-53-51-43)38-28(39-26)33-19-6-4-17(22(12-19)58(48,49)50)2-1-16-3-5-18(11-21(16)56-54-52-44)32-27-35-23(15-41)34-24(37-27)30-8-10-57(45,46)47/h1-7,11-12,20,40-44H,8-10,13-15H2,(H,45,46,47)(H,48,49,50)(H2,30,32,34,35,37)(H2,31,33,36,38,39)/b2-1?,29-7-. The Morgan fingerprint density at radius 3 is 2.07 bits per heavy atom. The predicted octanol–water partition coefficient (Wildman–Crippen LogP) is 1.72. The highest BCUT2D eigenvalue weighted by atomic mass is 32.2. The fourth-order valence-corrected chi connectivity index (χ4v) is 6.05. The van der Waals surface area contributed by atoms with Gasteiger partial charge in [0.1, 0.15) is 11.5 Å². The summed E-state index contributed by atoms with van der Waals surface area (Å²) in [6.45, 7) is -1.55. The number of benzene rings is 2. The molecule has 30 heteroatoms. The van der Waals surface area contributed by atoms with Crippen molar-refractivity contribution in [3.63, 3.8) is 0 Å². The Bertz CT molecular complexity index is 2280. The van der Waals surface area contributed by atoms with Crippen molar-refractivity contribution in [2.45, 2.75) is 22.5 Å². The largest absolute Gasteiger partial charge is 0.394 e. The van der Waals surface area contributed by atoms with E-state index in [4.69, 9.17) is 20.2 Å². The van der Waals surface area contributed by atoms with Crippen LogP contribution in [0.2, 0.25) is 0 Å². The lowest BCUT2D eigenvalue weighted by atomic mass is 10.1. The van der Waals surface area contributed by atoms with Gasteiger partial charge < -0.3 is 36.6 Å². The Kier molecular flexibility index (Phi) is 17.7. The quantitative estimate of drug-likeness (QED) is 0.00907. The maximum absolute atomic E-state index is 12.5. The minimum Gasteiger partial charge on any atom is -0.394 e. The molecule has 11 N–H and O–H groups in total. The summed E-state index contributed by atoms with van der Waals surface area (Å²) in [7, 11) is -9.12. The number of anilines is 6. The van der Waals surface area contributed by atoms with E-state index in [1.807, 2.05) is 0 Å². The highest BCUT2D eigenvalue weighted by Crippen LogP contribution is 2.31. The van der Waals surface area contributed by atoms with Crippen molar-refractivity contribution < 1.29 is 70.5 Å². The number of rotatable bonds is 24. The Morgan fingerprint density at radius 2 is 1.41 bits per heavy atom. The minimum absolute atomic E-state index is 0.0223. The molecular formula is C28H33N11O15S4. The number of nitrogens with zero attached hydrogens (tertiary/aromatic N) is 7. The van der Waals surface area contributed by atoms with Crippen molar-refractivity contribution in [1.29, 1.82) is 0 Å². The van der Waals surface area contributed by atoms with E-state index in [1.54, 1.807) is 12.1 Å². The molecule has 2 aromatic carbocycles. The van der Waals surface area contributed by atoms with Gasteiger partial charge in [0.2, 0.25) is 23.8 Å². The van der Waals surface area contributed by atoms with Gasteiger partial charge in [-0.2, -0.15) is 46.7 Å². The summed E-state index contributed by atoms with van der Waals surface area (Å²) in [5, 5.41) is 63.7. The molecule has 2 heterocycles. The average Bonchev–Trinajstić information content (AvgIpc) is 3.18. The first kappa shape index (κ1) is 45.9. The summed E-state index contributed by atoms with van der Waals surface area (Å²) in [5.41, 5.74) is 0.826. The molecule has 0 radical (unpaired) electrons. The van der Waals surface area contributed by atoms with Crippen LogP contribution in [-0.2, 0) is 45.6 Å². The van der Waals surface area contributed by atoms with Crippen molar-refractivity contribution in [3.8, 4) is 0 Å². The van der Waals surface area contributed by atoms with Gasteiger partial charge in [0, 0.05) is 47.6 Å². The smallest absolute Gasteiger partial charge is 0.295 e. The Morgan fingerprint density at radius 1 is 0.793 bits per heavy atom. The van der Waals surface area contributed by atoms with Gasteiger partial charge >= 0.3 is 0 Å². The predicted molar refractivity (Wildman–Crippen MR) is 206 cm³/mol. The second kappa shape index (κ2) is 22.4. The number of aromatic nitrogens is 6. The molecule has 0 fully saturated rings. The Balaban J connectivity index is 1.60. The van der Waals surface area contributed by atoms with E-state index in [0.29, 0.717) is 35.3 Å². The average molecular weight is 892 g/mol. The summed E-state index contributed by atoms with van der Waals surface area (Å²) in [4.78, 5) is 28.3. The molecule has 4 aromatic rings. The van der Waals surface area contributed by atoms with Crippen LogP contribution in [0, 0.1) is 0 Å². The fourth-order valence-electron chi connectivity index (χ4n) is 4.23. The van der Waals surface area contributed by atoms with E-state index in [2.05, 4.69) is 74.9 Å². The van der Waals surface area contributed by atoms with Gasteiger partial charge in [-0.25, -0.2) is 15.5 Å². The zero-order valence-corrected chi connectivity index (χ0v) is 32.4. The molecule has 1 unspecified atom stereocenters. The highest BCUT2D eigenvalue weighted by molar-refractivity contribution is 7.95.